The van der Waals surface area contributed by atoms with Crippen molar-refractivity contribution >= 4 is 0 Å². The highest BCUT2D eigenvalue weighted by Gasteiger charge is 2.70. The van der Waals surface area contributed by atoms with Crippen LogP contribution in [0.3, 0.4) is 0 Å². The highest BCUT2D eigenvalue weighted by atomic mass is 16.5. The third-order valence-electron chi connectivity index (χ3n) is 13.3. The van der Waals surface area contributed by atoms with Crippen molar-refractivity contribution in [1.82, 2.24) is 0 Å². The van der Waals surface area contributed by atoms with Gasteiger partial charge in [-0.1, -0.05) is 34.6 Å². The van der Waals surface area contributed by atoms with Gasteiger partial charge in [0.15, 0.2) is 0 Å². The van der Waals surface area contributed by atoms with E-state index in [9.17, 15) is 10.2 Å². The maximum atomic E-state index is 10.9. The van der Waals surface area contributed by atoms with Gasteiger partial charge >= 0.3 is 0 Å². The Morgan fingerprint density at radius 3 is 2.00 bits per heavy atom. The molecule has 1 heterocycles. The fourth-order valence-electron chi connectivity index (χ4n) is 11.1. The first-order valence-corrected chi connectivity index (χ1v) is 14.2. The molecule has 5 fully saturated rings. The van der Waals surface area contributed by atoms with Crippen molar-refractivity contribution in [2.24, 2.45) is 45.3 Å². The Labute approximate surface area is 203 Å². The molecule has 33 heavy (non-hydrogen) atoms. The molecule has 0 radical (unpaired) electrons. The minimum atomic E-state index is -0.755. The van der Waals surface area contributed by atoms with Crippen LogP contribution < -0.4 is 0 Å². The summed E-state index contributed by atoms with van der Waals surface area (Å²) in [6.45, 7) is 18.8. The zero-order valence-electron chi connectivity index (χ0n) is 22.8. The first-order valence-electron chi connectivity index (χ1n) is 14.2. The Morgan fingerprint density at radius 2 is 1.36 bits per heavy atom. The topological polar surface area (TPSA) is 49.7 Å². The molecule has 4 aliphatic carbocycles. The summed E-state index contributed by atoms with van der Waals surface area (Å²) in [6.07, 6.45) is 11.9. The van der Waals surface area contributed by atoms with Crippen molar-refractivity contribution in [2.75, 3.05) is 0 Å². The van der Waals surface area contributed by atoms with Gasteiger partial charge in [-0.2, -0.15) is 0 Å². The van der Waals surface area contributed by atoms with E-state index in [0.717, 1.165) is 31.1 Å². The van der Waals surface area contributed by atoms with Gasteiger partial charge in [-0.3, -0.25) is 0 Å². The van der Waals surface area contributed by atoms with E-state index in [2.05, 4.69) is 41.5 Å². The summed E-state index contributed by atoms with van der Waals surface area (Å²) in [4.78, 5) is 0. The fourth-order valence-corrected chi connectivity index (χ4v) is 11.1. The van der Waals surface area contributed by atoms with Gasteiger partial charge in [0.2, 0.25) is 0 Å². The van der Waals surface area contributed by atoms with Crippen molar-refractivity contribution in [3.8, 4) is 0 Å². The van der Waals surface area contributed by atoms with Crippen molar-refractivity contribution in [3.05, 3.63) is 0 Å². The largest absolute Gasteiger partial charge is 0.393 e. The third-order valence-corrected chi connectivity index (χ3v) is 13.3. The second-order valence-corrected chi connectivity index (χ2v) is 15.3. The number of hydrogen-bond acceptors (Lipinski definition) is 3. The third kappa shape index (κ3) is 3.16. The molecular formula is C30H52O3. The molecule has 3 heteroatoms. The second kappa shape index (κ2) is 7.22. The molecule has 1 unspecified atom stereocenters. The average Bonchev–Trinajstić information content (AvgIpc) is 3.27. The monoisotopic (exact) mass is 460 g/mol. The molecule has 0 aromatic carbocycles. The van der Waals surface area contributed by atoms with E-state index < -0.39 is 5.60 Å². The zero-order chi connectivity index (χ0) is 24.2. The van der Waals surface area contributed by atoms with E-state index in [0.29, 0.717) is 28.1 Å². The van der Waals surface area contributed by atoms with Crippen molar-refractivity contribution in [2.45, 2.75) is 143 Å². The van der Waals surface area contributed by atoms with E-state index in [-0.39, 0.29) is 23.2 Å². The maximum absolute atomic E-state index is 10.9. The highest BCUT2D eigenvalue weighted by molar-refractivity contribution is 5.18. The molecule has 0 bridgehead atoms. The molecular weight excluding hydrogens is 408 g/mol. The Bertz CT molecular complexity index is 784. The Hall–Kier alpha value is -0.120. The molecule has 10 atom stereocenters. The molecule has 2 N–H and O–H groups in total. The molecule has 1 aliphatic heterocycles. The molecule has 5 aliphatic rings. The van der Waals surface area contributed by atoms with Gasteiger partial charge in [-0.25, -0.2) is 0 Å². The lowest BCUT2D eigenvalue weighted by Gasteiger charge is -2.70. The van der Waals surface area contributed by atoms with Crippen LogP contribution in [0, 0.1) is 45.3 Å². The van der Waals surface area contributed by atoms with Gasteiger partial charge < -0.3 is 14.9 Å². The number of fused-ring (bicyclic) bond motifs is 5. The average molecular weight is 461 g/mol. The standard InChI is InChI=1S/C30H52O3/c1-25(2)21-12-17-29(7)22(27(21,5)15-13-23(25)31)10-9-19-20(11-16-28(19,29)6)30(8)18-14-24(33-30)26(3,4)32/h19-24,31-32H,9-18H2,1-8H3/t19-,20+,21+,22?,23-,24-,27+,28-,29-,30+/m1/s1. The van der Waals surface area contributed by atoms with Crippen LogP contribution in [0.4, 0.5) is 0 Å². The maximum Gasteiger partial charge on any atom is 0.0865 e. The van der Waals surface area contributed by atoms with Crippen LogP contribution in [0.2, 0.25) is 0 Å². The molecule has 4 saturated carbocycles. The minimum absolute atomic E-state index is 0.0293. The number of ether oxygens (including phenoxy) is 1. The van der Waals surface area contributed by atoms with Crippen LogP contribution in [0.5, 0.6) is 0 Å². The molecule has 0 aromatic rings. The summed E-state index contributed by atoms with van der Waals surface area (Å²) in [5, 5.41) is 21.5. The molecule has 3 nitrogen and oxygen atoms in total. The Morgan fingerprint density at radius 1 is 0.697 bits per heavy atom. The van der Waals surface area contributed by atoms with E-state index in [4.69, 9.17) is 4.74 Å². The van der Waals surface area contributed by atoms with Gasteiger partial charge in [-0.05, 0) is 130 Å². The van der Waals surface area contributed by atoms with Crippen molar-refractivity contribution in [1.29, 1.82) is 0 Å². The predicted molar refractivity (Wildman–Crippen MR) is 134 cm³/mol. The molecule has 190 valence electrons. The van der Waals surface area contributed by atoms with Gasteiger partial charge in [0, 0.05) is 0 Å². The first kappa shape index (κ1) is 24.6. The van der Waals surface area contributed by atoms with Crippen LogP contribution in [0.15, 0.2) is 0 Å². The summed E-state index contributed by atoms with van der Waals surface area (Å²) in [6, 6.07) is 0. The highest BCUT2D eigenvalue weighted by Crippen LogP contribution is 2.76. The van der Waals surface area contributed by atoms with Crippen LogP contribution >= 0.6 is 0 Å². The summed E-state index contributed by atoms with van der Waals surface area (Å²) in [7, 11) is 0. The summed E-state index contributed by atoms with van der Waals surface area (Å²) in [5.74, 6) is 2.73. The fraction of sp³-hybridized carbons (Fsp3) is 1.00. The summed E-state index contributed by atoms with van der Waals surface area (Å²) in [5.41, 5.74) is 0.277. The van der Waals surface area contributed by atoms with Gasteiger partial charge in [-0.15, -0.1) is 0 Å². The second-order valence-electron chi connectivity index (χ2n) is 15.3. The van der Waals surface area contributed by atoms with Crippen LogP contribution in [-0.2, 0) is 4.74 Å². The van der Waals surface area contributed by atoms with Gasteiger partial charge in [0.05, 0.1) is 23.4 Å². The molecule has 5 rings (SSSR count). The lowest BCUT2D eigenvalue weighted by molar-refractivity contribution is -0.227. The summed E-state index contributed by atoms with van der Waals surface area (Å²) >= 11 is 0. The SMILES string of the molecule is CC(C)(O)[C@H]1CC[C@@](C)([C@H]2CC[C@]3(C)[C@@H]2CCC2[C@@]4(C)CC[C@@H](O)C(C)(C)[C@@H]4CC[C@]23C)O1. The predicted octanol–water partition coefficient (Wildman–Crippen LogP) is 6.74. The number of rotatable bonds is 2. The Kier molecular flexibility index (Phi) is 5.38. The number of hydrogen-bond donors (Lipinski definition) is 2. The number of aliphatic hydroxyl groups is 2. The van der Waals surface area contributed by atoms with E-state index in [1.54, 1.807) is 0 Å². The van der Waals surface area contributed by atoms with Gasteiger partial charge in [0.1, 0.15) is 0 Å². The molecule has 0 aromatic heterocycles. The number of aliphatic hydroxyl groups excluding tert-OH is 1. The van der Waals surface area contributed by atoms with Crippen molar-refractivity contribution < 1.29 is 14.9 Å². The molecule has 1 saturated heterocycles. The quantitative estimate of drug-likeness (QED) is 0.480. The van der Waals surface area contributed by atoms with Crippen molar-refractivity contribution in [3.63, 3.8) is 0 Å². The smallest absolute Gasteiger partial charge is 0.0865 e. The van der Waals surface area contributed by atoms with Crippen LogP contribution in [0.25, 0.3) is 0 Å². The lowest BCUT2D eigenvalue weighted by Crippen LogP contribution is -2.64. The van der Waals surface area contributed by atoms with E-state index in [1.165, 1.54) is 44.9 Å². The van der Waals surface area contributed by atoms with Crippen LogP contribution in [0.1, 0.15) is 120 Å². The minimum Gasteiger partial charge on any atom is -0.393 e. The molecule has 0 amide bonds. The lowest BCUT2D eigenvalue weighted by atomic mass is 9.35. The van der Waals surface area contributed by atoms with E-state index in [1.807, 2.05) is 13.8 Å². The van der Waals surface area contributed by atoms with Gasteiger partial charge in [0.25, 0.3) is 0 Å². The summed E-state index contributed by atoms with van der Waals surface area (Å²) < 4.78 is 6.73. The van der Waals surface area contributed by atoms with E-state index >= 15 is 0 Å². The van der Waals surface area contributed by atoms with Crippen LogP contribution in [-0.4, -0.2) is 33.6 Å². The normalized spacial score (nSPS) is 56.2. The molecule has 0 spiro atoms. The Balaban J connectivity index is 1.44. The first-order chi connectivity index (χ1) is 15.1. The zero-order valence-corrected chi connectivity index (χ0v) is 22.8.